The second-order valence-corrected chi connectivity index (χ2v) is 6.94. The number of ether oxygens (including phenoxy) is 2. The number of amides is 1. The summed E-state index contributed by atoms with van der Waals surface area (Å²) in [7, 11) is 0. The third-order valence-electron chi connectivity index (χ3n) is 4.43. The monoisotopic (exact) mass is 403 g/mol. The predicted octanol–water partition coefficient (Wildman–Crippen LogP) is 3.06. The molecule has 0 spiro atoms. The molecule has 1 atom stereocenters. The molecule has 3 rings (SSSR count). The summed E-state index contributed by atoms with van der Waals surface area (Å²) in [5.74, 6) is -0.259. The molecule has 0 saturated carbocycles. The van der Waals surface area contributed by atoms with E-state index in [4.69, 9.17) is 21.1 Å². The minimum absolute atomic E-state index is 0.288. The lowest BCUT2D eigenvalue weighted by molar-refractivity contribution is -0.123. The maximum absolute atomic E-state index is 12.3. The summed E-state index contributed by atoms with van der Waals surface area (Å²) < 4.78 is 10.6. The normalized spacial score (nSPS) is 15.0. The summed E-state index contributed by atoms with van der Waals surface area (Å²) in [5.41, 5.74) is 1.73. The average molecular weight is 404 g/mol. The Balaban J connectivity index is 1.58. The summed E-state index contributed by atoms with van der Waals surface area (Å²) in [5, 5.41) is 3.24. The molecule has 8 heteroatoms. The van der Waals surface area contributed by atoms with E-state index in [-0.39, 0.29) is 5.56 Å². The van der Waals surface area contributed by atoms with Crippen LogP contribution >= 0.6 is 11.6 Å². The molecule has 1 amide bonds. The van der Waals surface area contributed by atoms with Crippen LogP contribution in [0.5, 0.6) is 0 Å². The van der Waals surface area contributed by atoms with E-state index >= 15 is 0 Å². The molecule has 28 heavy (non-hydrogen) atoms. The van der Waals surface area contributed by atoms with Crippen molar-refractivity contribution in [3.8, 4) is 0 Å². The molecule has 1 aliphatic rings. The van der Waals surface area contributed by atoms with Gasteiger partial charge in [-0.25, -0.2) is 9.78 Å². The summed E-state index contributed by atoms with van der Waals surface area (Å²) in [6.45, 7) is 6.20. The number of hydrogen-bond donors (Lipinski definition) is 1. The van der Waals surface area contributed by atoms with Crippen LogP contribution in [0.15, 0.2) is 36.5 Å². The quantitative estimate of drug-likeness (QED) is 0.773. The van der Waals surface area contributed by atoms with Crippen molar-refractivity contribution < 1.29 is 19.1 Å². The predicted molar refractivity (Wildman–Crippen MR) is 107 cm³/mol. The van der Waals surface area contributed by atoms with Crippen molar-refractivity contribution in [2.24, 2.45) is 0 Å². The molecule has 1 saturated heterocycles. The lowest BCUT2D eigenvalue weighted by Gasteiger charge is -2.27. The molecular formula is C20H22ClN3O4. The van der Waals surface area contributed by atoms with Gasteiger partial charge in [0.25, 0.3) is 5.91 Å². The second kappa shape index (κ2) is 9.03. The van der Waals surface area contributed by atoms with Crippen molar-refractivity contribution in [2.75, 3.05) is 36.5 Å². The van der Waals surface area contributed by atoms with Crippen molar-refractivity contribution in [3.63, 3.8) is 0 Å². The van der Waals surface area contributed by atoms with Crippen LogP contribution in [0.3, 0.4) is 0 Å². The number of benzene rings is 1. The van der Waals surface area contributed by atoms with Gasteiger partial charge < -0.3 is 19.7 Å². The number of morpholine rings is 1. The molecule has 2 aromatic rings. The zero-order valence-electron chi connectivity index (χ0n) is 15.8. The third-order valence-corrected chi connectivity index (χ3v) is 4.66. The number of aryl methyl sites for hydroxylation is 1. The van der Waals surface area contributed by atoms with Gasteiger partial charge >= 0.3 is 5.97 Å². The molecule has 1 N–H and O–H groups in total. The molecule has 1 aromatic heterocycles. The highest BCUT2D eigenvalue weighted by atomic mass is 35.5. The maximum Gasteiger partial charge on any atom is 0.340 e. The average Bonchev–Trinajstić information content (AvgIpc) is 2.71. The number of aromatic nitrogens is 1. The van der Waals surface area contributed by atoms with E-state index in [0.717, 1.165) is 24.5 Å². The smallest absolute Gasteiger partial charge is 0.340 e. The Hall–Kier alpha value is -2.64. The van der Waals surface area contributed by atoms with E-state index < -0.39 is 18.0 Å². The van der Waals surface area contributed by atoms with Gasteiger partial charge in [-0.3, -0.25) is 4.79 Å². The highest BCUT2D eigenvalue weighted by Gasteiger charge is 2.20. The van der Waals surface area contributed by atoms with Crippen LogP contribution in [-0.4, -0.2) is 49.3 Å². The first-order valence-electron chi connectivity index (χ1n) is 9.01. The molecule has 0 radical (unpaired) electrons. The first-order chi connectivity index (χ1) is 13.4. The molecule has 1 unspecified atom stereocenters. The number of nitrogens with one attached hydrogen (secondary N) is 1. The number of anilines is 2. The Morgan fingerprint density at radius 3 is 2.68 bits per heavy atom. The fraction of sp³-hybridized carbons (Fsp3) is 0.350. The van der Waals surface area contributed by atoms with Crippen LogP contribution in [0.4, 0.5) is 11.5 Å². The molecule has 1 fully saturated rings. The van der Waals surface area contributed by atoms with E-state index in [1.54, 1.807) is 30.3 Å². The molecule has 2 heterocycles. The van der Waals surface area contributed by atoms with E-state index in [9.17, 15) is 9.59 Å². The molecule has 0 aliphatic carbocycles. The molecular weight excluding hydrogens is 382 g/mol. The van der Waals surface area contributed by atoms with Crippen LogP contribution in [0.2, 0.25) is 5.02 Å². The van der Waals surface area contributed by atoms with Crippen LogP contribution in [0, 0.1) is 6.92 Å². The van der Waals surface area contributed by atoms with Crippen molar-refractivity contribution >= 4 is 35.0 Å². The van der Waals surface area contributed by atoms with Gasteiger partial charge in [0, 0.05) is 30.0 Å². The van der Waals surface area contributed by atoms with Crippen molar-refractivity contribution in [3.05, 3.63) is 52.7 Å². The molecule has 0 bridgehead atoms. The van der Waals surface area contributed by atoms with E-state index in [1.165, 1.54) is 13.1 Å². The third kappa shape index (κ3) is 4.99. The minimum atomic E-state index is -0.968. The van der Waals surface area contributed by atoms with Gasteiger partial charge in [0.1, 0.15) is 5.82 Å². The van der Waals surface area contributed by atoms with Gasteiger partial charge in [0.2, 0.25) is 0 Å². The Morgan fingerprint density at radius 2 is 2.00 bits per heavy atom. The molecule has 7 nitrogen and oxygen atoms in total. The standard InChI is InChI=1S/C20H22ClN3O4/c1-13-3-5-16(21)11-17(13)23-19(25)14(2)28-20(26)15-4-6-18(22-12-15)24-7-9-27-10-8-24/h3-6,11-12,14H,7-10H2,1-2H3,(H,23,25). The zero-order valence-corrected chi connectivity index (χ0v) is 16.5. The number of carbonyl (C=O) groups is 2. The van der Waals surface area contributed by atoms with E-state index in [0.29, 0.717) is 23.9 Å². The van der Waals surface area contributed by atoms with Crippen LogP contribution in [0.25, 0.3) is 0 Å². The molecule has 148 valence electrons. The number of rotatable bonds is 5. The lowest BCUT2D eigenvalue weighted by Crippen LogP contribution is -2.36. The fourth-order valence-electron chi connectivity index (χ4n) is 2.73. The summed E-state index contributed by atoms with van der Waals surface area (Å²) in [6, 6.07) is 8.60. The SMILES string of the molecule is Cc1ccc(Cl)cc1NC(=O)C(C)OC(=O)c1ccc(N2CCOCC2)nc1. The Morgan fingerprint density at radius 1 is 1.25 bits per heavy atom. The first-order valence-corrected chi connectivity index (χ1v) is 9.38. The number of halogens is 1. The highest BCUT2D eigenvalue weighted by Crippen LogP contribution is 2.20. The number of esters is 1. The summed E-state index contributed by atoms with van der Waals surface area (Å²) in [6.07, 6.45) is 0.489. The van der Waals surface area contributed by atoms with E-state index in [2.05, 4.69) is 15.2 Å². The lowest BCUT2D eigenvalue weighted by atomic mass is 10.2. The molecule has 1 aliphatic heterocycles. The van der Waals surface area contributed by atoms with Gasteiger partial charge in [-0.2, -0.15) is 0 Å². The van der Waals surface area contributed by atoms with Crippen LogP contribution in [0.1, 0.15) is 22.8 Å². The summed E-state index contributed by atoms with van der Waals surface area (Å²) in [4.78, 5) is 31.1. The number of nitrogens with zero attached hydrogens (tertiary/aromatic N) is 2. The van der Waals surface area contributed by atoms with E-state index in [1.807, 2.05) is 6.92 Å². The van der Waals surface area contributed by atoms with Crippen LogP contribution in [-0.2, 0) is 14.3 Å². The number of carbonyl (C=O) groups excluding carboxylic acids is 2. The van der Waals surface area contributed by atoms with Gasteiger partial charge in [-0.15, -0.1) is 0 Å². The Bertz CT molecular complexity index is 851. The number of hydrogen-bond acceptors (Lipinski definition) is 6. The van der Waals surface area contributed by atoms with Gasteiger partial charge in [-0.1, -0.05) is 17.7 Å². The van der Waals surface area contributed by atoms with Gasteiger partial charge in [0.05, 0.1) is 18.8 Å². The van der Waals surface area contributed by atoms with Crippen molar-refractivity contribution in [1.29, 1.82) is 0 Å². The number of pyridine rings is 1. The fourth-order valence-corrected chi connectivity index (χ4v) is 2.90. The Labute approximate surface area is 168 Å². The van der Waals surface area contributed by atoms with Crippen molar-refractivity contribution in [2.45, 2.75) is 20.0 Å². The van der Waals surface area contributed by atoms with Crippen molar-refractivity contribution in [1.82, 2.24) is 4.98 Å². The second-order valence-electron chi connectivity index (χ2n) is 6.50. The summed E-state index contributed by atoms with van der Waals surface area (Å²) >= 11 is 5.96. The van der Waals surface area contributed by atoms with Gasteiger partial charge in [0.15, 0.2) is 6.10 Å². The zero-order chi connectivity index (χ0) is 20.1. The van der Waals surface area contributed by atoms with Crippen LogP contribution < -0.4 is 10.2 Å². The topological polar surface area (TPSA) is 80.8 Å². The first kappa shape index (κ1) is 20.1. The minimum Gasteiger partial charge on any atom is -0.449 e. The highest BCUT2D eigenvalue weighted by molar-refractivity contribution is 6.31. The largest absolute Gasteiger partial charge is 0.449 e. The maximum atomic E-state index is 12.3. The van der Waals surface area contributed by atoms with Gasteiger partial charge in [-0.05, 0) is 43.7 Å². The Kier molecular flexibility index (Phi) is 6.49. The molecule has 1 aromatic carbocycles.